The van der Waals surface area contributed by atoms with E-state index in [9.17, 15) is 13.6 Å². The first-order valence-electron chi connectivity index (χ1n) is 5.55. The van der Waals surface area contributed by atoms with Gasteiger partial charge in [-0.3, -0.25) is 4.79 Å². The molecule has 0 unspecified atom stereocenters. The molecule has 100 valence electrons. The number of carbonyl (C=O) groups excluding carboxylic acids is 1. The van der Waals surface area contributed by atoms with Gasteiger partial charge in [-0.25, -0.2) is 8.78 Å². The highest BCUT2D eigenvalue weighted by Crippen LogP contribution is 2.30. The summed E-state index contributed by atoms with van der Waals surface area (Å²) in [6, 6.07) is 0. The summed E-state index contributed by atoms with van der Waals surface area (Å²) in [4.78, 5) is 13.1. The van der Waals surface area contributed by atoms with E-state index in [-0.39, 0.29) is 25.5 Å². The number of aliphatic hydroxyl groups is 1. The first-order chi connectivity index (χ1) is 7.70. The summed E-state index contributed by atoms with van der Waals surface area (Å²) in [6.07, 6.45) is -1.75. The summed E-state index contributed by atoms with van der Waals surface area (Å²) < 4.78 is 31.5. The van der Waals surface area contributed by atoms with Crippen molar-refractivity contribution in [3.8, 4) is 0 Å². The lowest BCUT2D eigenvalue weighted by atomic mass is 9.91. The molecule has 1 saturated heterocycles. The molecule has 1 amide bonds. The fraction of sp³-hybridized carbons (Fsp3) is 0.909. The number of carbonyl (C=O) groups is 1. The maximum Gasteiger partial charge on any atom is 0.290 e. The lowest BCUT2D eigenvalue weighted by molar-refractivity contribution is -0.172. The predicted molar refractivity (Wildman–Crippen MR) is 57.8 cm³/mol. The zero-order chi connectivity index (χ0) is 13.3. The van der Waals surface area contributed by atoms with Crippen molar-refractivity contribution < 1.29 is 23.4 Å². The van der Waals surface area contributed by atoms with Gasteiger partial charge in [0.1, 0.15) is 6.10 Å². The molecule has 0 aromatic carbocycles. The SMILES string of the molecule is COCC(C)(C)C(=O)N1CC[C@H](O)C(F)(F)C1. The van der Waals surface area contributed by atoms with Crippen LogP contribution >= 0.6 is 0 Å². The minimum atomic E-state index is -3.23. The number of halogens is 2. The Hall–Kier alpha value is -0.750. The molecule has 0 aromatic heterocycles. The second-order valence-corrected chi connectivity index (χ2v) is 5.11. The Morgan fingerprint density at radius 3 is 2.65 bits per heavy atom. The van der Waals surface area contributed by atoms with Gasteiger partial charge in [-0.1, -0.05) is 0 Å². The smallest absolute Gasteiger partial charge is 0.290 e. The molecular formula is C11H19F2NO3. The minimum Gasteiger partial charge on any atom is -0.387 e. The minimum absolute atomic E-state index is 0.0954. The van der Waals surface area contributed by atoms with Gasteiger partial charge in [0.25, 0.3) is 5.92 Å². The molecule has 0 aromatic rings. The molecule has 0 aliphatic carbocycles. The normalized spacial score (nSPS) is 24.8. The molecule has 17 heavy (non-hydrogen) atoms. The summed E-state index contributed by atoms with van der Waals surface area (Å²) in [5, 5.41) is 9.13. The van der Waals surface area contributed by atoms with Crippen molar-refractivity contribution in [2.75, 3.05) is 26.8 Å². The maximum absolute atomic E-state index is 13.3. The van der Waals surface area contributed by atoms with Gasteiger partial charge in [-0.05, 0) is 20.3 Å². The van der Waals surface area contributed by atoms with Crippen molar-refractivity contribution in [1.82, 2.24) is 4.90 Å². The number of hydrogen-bond acceptors (Lipinski definition) is 3. The van der Waals surface area contributed by atoms with Crippen LogP contribution in [-0.2, 0) is 9.53 Å². The molecule has 0 spiro atoms. The highest BCUT2D eigenvalue weighted by Gasteiger charge is 2.47. The summed E-state index contributed by atoms with van der Waals surface area (Å²) in [5.74, 6) is -3.59. The number of likely N-dealkylation sites (tertiary alicyclic amines) is 1. The van der Waals surface area contributed by atoms with Crippen LogP contribution in [0.4, 0.5) is 8.78 Å². The Labute approximate surface area is 99.5 Å². The van der Waals surface area contributed by atoms with E-state index in [1.54, 1.807) is 13.8 Å². The highest BCUT2D eigenvalue weighted by atomic mass is 19.3. The second-order valence-electron chi connectivity index (χ2n) is 5.11. The molecule has 0 radical (unpaired) electrons. The fourth-order valence-corrected chi connectivity index (χ4v) is 1.95. The monoisotopic (exact) mass is 251 g/mol. The number of nitrogens with zero attached hydrogens (tertiary/aromatic N) is 1. The van der Waals surface area contributed by atoms with Crippen molar-refractivity contribution >= 4 is 5.91 Å². The fourth-order valence-electron chi connectivity index (χ4n) is 1.95. The van der Waals surface area contributed by atoms with E-state index in [1.165, 1.54) is 7.11 Å². The van der Waals surface area contributed by atoms with E-state index >= 15 is 0 Å². The molecule has 0 bridgehead atoms. The highest BCUT2D eigenvalue weighted by molar-refractivity contribution is 5.82. The molecule has 6 heteroatoms. The van der Waals surface area contributed by atoms with Crippen LogP contribution in [0.2, 0.25) is 0 Å². The second kappa shape index (κ2) is 4.86. The van der Waals surface area contributed by atoms with E-state index in [0.717, 1.165) is 4.90 Å². The molecule has 1 aliphatic heterocycles. The number of amides is 1. The van der Waals surface area contributed by atoms with Crippen LogP contribution in [0.25, 0.3) is 0 Å². The van der Waals surface area contributed by atoms with Gasteiger partial charge in [-0.2, -0.15) is 0 Å². The number of piperidine rings is 1. The Balaban J connectivity index is 2.72. The van der Waals surface area contributed by atoms with Crippen LogP contribution in [0.1, 0.15) is 20.3 Å². The summed E-state index contributed by atoms with van der Waals surface area (Å²) >= 11 is 0. The van der Waals surface area contributed by atoms with E-state index in [4.69, 9.17) is 9.84 Å². The standard InChI is InChI=1S/C11H19F2NO3/c1-10(2,7-17-3)9(16)14-5-4-8(15)11(12,13)6-14/h8,15H,4-7H2,1-3H3/t8-/m0/s1. The van der Waals surface area contributed by atoms with E-state index < -0.39 is 24.0 Å². The van der Waals surface area contributed by atoms with Crippen LogP contribution < -0.4 is 0 Å². The lowest BCUT2D eigenvalue weighted by Gasteiger charge is -2.39. The quantitative estimate of drug-likeness (QED) is 0.810. The number of methoxy groups -OCH3 is 1. The van der Waals surface area contributed by atoms with Crippen LogP contribution in [-0.4, -0.2) is 54.7 Å². The number of rotatable bonds is 3. The predicted octanol–water partition coefficient (Wildman–Crippen LogP) is 0.888. The van der Waals surface area contributed by atoms with Gasteiger partial charge >= 0.3 is 0 Å². The third-order valence-corrected chi connectivity index (χ3v) is 2.93. The molecule has 1 aliphatic rings. The van der Waals surface area contributed by atoms with E-state index in [2.05, 4.69) is 0 Å². The van der Waals surface area contributed by atoms with Crippen molar-refractivity contribution in [3.05, 3.63) is 0 Å². The molecular weight excluding hydrogens is 232 g/mol. The van der Waals surface area contributed by atoms with Crippen LogP contribution in [0.5, 0.6) is 0 Å². The molecule has 1 fully saturated rings. The van der Waals surface area contributed by atoms with Crippen molar-refractivity contribution in [2.24, 2.45) is 5.41 Å². The van der Waals surface area contributed by atoms with Crippen molar-refractivity contribution in [2.45, 2.75) is 32.3 Å². The lowest BCUT2D eigenvalue weighted by Crippen LogP contribution is -2.56. The molecule has 4 nitrogen and oxygen atoms in total. The zero-order valence-corrected chi connectivity index (χ0v) is 10.4. The third-order valence-electron chi connectivity index (χ3n) is 2.93. The number of hydrogen-bond donors (Lipinski definition) is 1. The van der Waals surface area contributed by atoms with Gasteiger partial charge < -0.3 is 14.7 Å². The van der Waals surface area contributed by atoms with Gasteiger partial charge in [0.05, 0.1) is 18.6 Å². The number of aliphatic hydroxyl groups excluding tert-OH is 1. The Kier molecular flexibility index (Phi) is 4.09. The third kappa shape index (κ3) is 3.13. The van der Waals surface area contributed by atoms with Crippen molar-refractivity contribution in [3.63, 3.8) is 0 Å². The topological polar surface area (TPSA) is 49.8 Å². The first-order valence-corrected chi connectivity index (χ1v) is 5.55. The van der Waals surface area contributed by atoms with Crippen molar-refractivity contribution in [1.29, 1.82) is 0 Å². The van der Waals surface area contributed by atoms with Gasteiger partial charge in [0.2, 0.25) is 5.91 Å². The average Bonchev–Trinajstić information content (AvgIpc) is 2.21. The number of ether oxygens (including phenoxy) is 1. The van der Waals surface area contributed by atoms with Crippen LogP contribution in [0, 0.1) is 5.41 Å². The zero-order valence-electron chi connectivity index (χ0n) is 10.4. The summed E-state index contributed by atoms with van der Waals surface area (Å²) in [6.45, 7) is 2.92. The molecule has 1 heterocycles. The Morgan fingerprint density at radius 1 is 1.59 bits per heavy atom. The van der Waals surface area contributed by atoms with Gasteiger partial charge in [0, 0.05) is 13.7 Å². The van der Waals surface area contributed by atoms with E-state index in [0.29, 0.717) is 0 Å². The summed E-state index contributed by atoms with van der Waals surface area (Å²) in [5.41, 5.74) is -0.826. The Bertz CT molecular complexity index is 294. The van der Waals surface area contributed by atoms with E-state index in [1.807, 2.05) is 0 Å². The maximum atomic E-state index is 13.3. The largest absolute Gasteiger partial charge is 0.387 e. The first kappa shape index (κ1) is 14.3. The number of alkyl halides is 2. The van der Waals surface area contributed by atoms with Crippen LogP contribution in [0.15, 0.2) is 0 Å². The summed E-state index contributed by atoms with van der Waals surface area (Å²) in [7, 11) is 1.46. The Morgan fingerprint density at radius 2 is 2.18 bits per heavy atom. The average molecular weight is 251 g/mol. The molecule has 1 N–H and O–H groups in total. The molecule has 1 atom stereocenters. The van der Waals surface area contributed by atoms with Gasteiger partial charge in [0.15, 0.2) is 0 Å². The molecule has 0 saturated carbocycles. The van der Waals surface area contributed by atoms with Gasteiger partial charge in [-0.15, -0.1) is 0 Å². The van der Waals surface area contributed by atoms with Crippen LogP contribution in [0.3, 0.4) is 0 Å². The molecule has 1 rings (SSSR count).